The molecular weight excluding hydrogens is 424 g/mol. The van der Waals surface area contributed by atoms with Crippen LogP contribution in [0.5, 0.6) is 0 Å². The molecule has 7 nitrogen and oxygen atoms in total. The highest BCUT2D eigenvalue weighted by Gasteiger charge is 2.67. The summed E-state index contributed by atoms with van der Waals surface area (Å²) >= 11 is 6.40. The topological polar surface area (TPSA) is 116 Å². The number of ketones is 1. The fourth-order valence-electron chi connectivity index (χ4n) is 4.23. The second-order valence-corrected chi connectivity index (χ2v) is 8.53. The average molecular weight is 449 g/mol. The highest BCUT2D eigenvalue weighted by molar-refractivity contribution is 6.31. The van der Waals surface area contributed by atoms with Crippen LogP contribution in [0.1, 0.15) is 40.4 Å². The zero-order chi connectivity index (χ0) is 22.4. The van der Waals surface area contributed by atoms with Gasteiger partial charge in [-0.15, -0.1) is 0 Å². The van der Waals surface area contributed by atoms with Gasteiger partial charge in [0.15, 0.2) is 5.78 Å². The summed E-state index contributed by atoms with van der Waals surface area (Å²) in [6, 6.07) is 12.3. The van der Waals surface area contributed by atoms with Gasteiger partial charge in [-0.25, -0.2) is 0 Å². The molecule has 2 fully saturated rings. The summed E-state index contributed by atoms with van der Waals surface area (Å²) < 4.78 is 11.7. The molecule has 0 saturated carbocycles. The fraction of sp³-hybridized carbons (Fsp3) is 0.435. The van der Waals surface area contributed by atoms with Gasteiger partial charge < -0.3 is 29.9 Å². The molecule has 2 bridgehead atoms. The maximum Gasteiger partial charge on any atom is 0.225 e. The normalized spacial score (nSPS) is 32.3. The molecule has 166 valence electrons. The van der Waals surface area contributed by atoms with Gasteiger partial charge in [-0.1, -0.05) is 48.9 Å². The van der Waals surface area contributed by atoms with Crippen molar-refractivity contribution in [3.05, 3.63) is 69.7 Å². The SMILES string of the molecule is CCC(=O)c1ccc(Cc2cc(C34OC[C@](CO)(O3)C(O)[C@H](O)C4O)ccc2Cl)cc1. The summed E-state index contributed by atoms with van der Waals surface area (Å²) in [5, 5.41) is 41.6. The van der Waals surface area contributed by atoms with Crippen molar-refractivity contribution in [2.45, 2.75) is 49.5 Å². The van der Waals surface area contributed by atoms with Gasteiger partial charge >= 0.3 is 0 Å². The van der Waals surface area contributed by atoms with Gasteiger partial charge in [-0.05, 0) is 29.7 Å². The van der Waals surface area contributed by atoms with Crippen molar-refractivity contribution >= 4 is 17.4 Å². The van der Waals surface area contributed by atoms with Crippen molar-refractivity contribution in [2.75, 3.05) is 13.2 Å². The molecule has 0 radical (unpaired) electrons. The Morgan fingerprint density at radius 3 is 2.48 bits per heavy atom. The summed E-state index contributed by atoms with van der Waals surface area (Å²) in [6.45, 7) is 1.04. The first kappa shape index (κ1) is 22.4. The average Bonchev–Trinajstić information content (AvgIpc) is 3.18. The smallest absolute Gasteiger partial charge is 0.225 e. The third kappa shape index (κ3) is 3.60. The number of rotatable bonds is 6. The van der Waals surface area contributed by atoms with Gasteiger partial charge in [0.05, 0.1) is 13.2 Å². The molecule has 0 aromatic heterocycles. The van der Waals surface area contributed by atoms with Crippen molar-refractivity contribution in [3.63, 3.8) is 0 Å². The lowest BCUT2D eigenvalue weighted by Gasteiger charge is -2.46. The zero-order valence-electron chi connectivity index (χ0n) is 17.0. The summed E-state index contributed by atoms with van der Waals surface area (Å²) in [4.78, 5) is 11.8. The van der Waals surface area contributed by atoms with Crippen molar-refractivity contribution < 1.29 is 34.7 Å². The first-order chi connectivity index (χ1) is 14.8. The maximum atomic E-state index is 11.8. The molecule has 0 aliphatic carbocycles. The van der Waals surface area contributed by atoms with E-state index >= 15 is 0 Å². The van der Waals surface area contributed by atoms with E-state index in [1.165, 1.54) is 0 Å². The second-order valence-electron chi connectivity index (χ2n) is 8.12. The number of aliphatic hydroxyl groups is 4. The lowest BCUT2D eigenvalue weighted by molar-refractivity contribution is -0.329. The fourth-order valence-corrected chi connectivity index (χ4v) is 4.42. The summed E-state index contributed by atoms with van der Waals surface area (Å²) in [7, 11) is 0. The molecule has 4 N–H and O–H groups in total. The number of hydrogen-bond donors (Lipinski definition) is 4. The predicted octanol–water partition coefficient (Wildman–Crippen LogP) is 1.55. The number of carbonyl (C=O) groups excluding carboxylic acids is 1. The van der Waals surface area contributed by atoms with E-state index < -0.39 is 36.3 Å². The molecule has 4 rings (SSSR count). The summed E-state index contributed by atoms with van der Waals surface area (Å²) in [5.74, 6) is -1.67. The Balaban J connectivity index is 1.66. The van der Waals surface area contributed by atoms with Crippen LogP contribution in [0.4, 0.5) is 0 Å². The third-order valence-corrected chi connectivity index (χ3v) is 6.54. The van der Waals surface area contributed by atoms with Crippen molar-refractivity contribution in [3.8, 4) is 0 Å². The number of carbonyl (C=O) groups is 1. The summed E-state index contributed by atoms with van der Waals surface area (Å²) in [5.41, 5.74) is 1.20. The van der Waals surface area contributed by atoms with E-state index in [4.69, 9.17) is 21.1 Å². The molecule has 3 unspecified atom stereocenters. The molecule has 5 atom stereocenters. The minimum atomic E-state index is -1.74. The van der Waals surface area contributed by atoms with E-state index in [-0.39, 0.29) is 12.4 Å². The Morgan fingerprint density at radius 1 is 1.13 bits per heavy atom. The van der Waals surface area contributed by atoms with Crippen molar-refractivity contribution in [1.29, 1.82) is 0 Å². The molecule has 0 amide bonds. The molecule has 8 heteroatoms. The lowest BCUT2D eigenvalue weighted by Crippen LogP contribution is -2.65. The Kier molecular flexibility index (Phi) is 5.95. The third-order valence-electron chi connectivity index (χ3n) is 6.17. The highest BCUT2D eigenvalue weighted by Crippen LogP contribution is 2.49. The van der Waals surface area contributed by atoms with Crippen molar-refractivity contribution in [1.82, 2.24) is 0 Å². The first-order valence-corrected chi connectivity index (χ1v) is 10.5. The van der Waals surface area contributed by atoms with Crippen LogP contribution in [0, 0.1) is 0 Å². The number of hydrogen-bond acceptors (Lipinski definition) is 7. The second kappa shape index (κ2) is 8.26. The van der Waals surface area contributed by atoms with Gasteiger partial charge in [0.25, 0.3) is 0 Å². The van der Waals surface area contributed by atoms with Crippen LogP contribution in [0.25, 0.3) is 0 Å². The minimum Gasteiger partial charge on any atom is -0.393 e. The van der Waals surface area contributed by atoms with Crippen LogP contribution in [-0.2, 0) is 21.7 Å². The number of halogens is 1. The number of Topliss-reactive ketones (excluding diaryl/α,β-unsaturated/α-hetero) is 1. The van der Waals surface area contributed by atoms with Crippen molar-refractivity contribution in [2.24, 2.45) is 0 Å². The van der Waals surface area contributed by atoms with Crippen LogP contribution >= 0.6 is 11.6 Å². The molecule has 2 aliphatic heterocycles. The van der Waals surface area contributed by atoms with E-state index in [0.29, 0.717) is 29.0 Å². The van der Waals surface area contributed by atoms with Gasteiger partial charge in [0.1, 0.15) is 23.9 Å². The molecular formula is C23H25ClO7. The van der Waals surface area contributed by atoms with Crippen LogP contribution < -0.4 is 0 Å². The van der Waals surface area contributed by atoms with Crippen LogP contribution in [-0.4, -0.2) is 63.3 Å². The Morgan fingerprint density at radius 2 is 1.84 bits per heavy atom. The van der Waals surface area contributed by atoms with Crippen LogP contribution in [0.3, 0.4) is 0 Å². The molecule has 31 heavy (non-hydrogen) atoms. The number of ether oxygens (including phenoxy) is 2. The Hall–Kier alpha value is -1.84. The van der Waals surface area contributed by atoms with E-state index in [2.05, 4.69) is 0 Å². The van der Waals surface area contributed by atoms with E-state index in [1.54, 1.807) is 30.3 Å². The molecule has 0 spiro atoms. The van der Waals surface area contributed by atoms with E-state index in [0.717, 1.165) is 11.1 Å². The van der Waals surface area contributed by atoms with Crippen LogP contribution in [0.15, 0.2) is 42.5 Å². The largest absolute Gasteiger partial charge is 0.393 e. The Labute approximate surface area is 184 Å². The molecule has 2 saturated heterocycles. The highest BCUT2D eigenvalue weighted by atomic mass is 35.5. The van der Waals surface area contributed by atoms with Gasteiger partial charge in [0.2, 0.25) is 5.79 Å². The quantitative estimate of drug-likeness (QED) is 0.495. The van der Waals surface area contributed by atoms with Gasteiger partial charge in [-0.2, -0.15) is 0 Å². The molecule has 2 aromatic rings. The maximum absolute atomic E-state index is 11.8. The van der Waals surface area contributed by atoms with Gasteiger partial charge in [0, 0.05) is 22.6 Å². The lowest BCUT2D eigenvalue weighted by atomic mass is 9.83. The first-order valence-electron chi connectivity index (χ1n) is 10.2. The number of fused-ring (bicyclic) bond motifs is 2. The number of benzene rings is 2. The van der Waals surface area contributed by atoms with E-state index in [1.807, 2.05) is 19.1 Å². The molecule has 2 aliphatic rings. The van der Waals surface area contributed by atoms with E-state index in [9.17, 15) is 25.2 Å². The zero-order valence-corrected chi connectivity index (χ0v) is 17.7. The minimum absolute atomic E-state index is 0.0700. The van der Waals surface area contributed by atoms with Gasteiger partial charge in [-0.3, -0.25) is 4.79 Å². The molecule has 2 aromatic carbocycles. The molecule has 2 heterocycles. The Bertz CT molecular complexity index is 978. The predicted molar refractivity (Wildman–Crippen MR) is 112 cm³/mol. The standard InChI is InChI=1S/C23H25ClO7/c1-2-18(26)14-5-3-13(4-6-14)9-15-10-16(7-8-17(15)24)23-21(29)19(27)20(28)22(11-25,31-23)12-30-23/h3-8,10,19-21,25,27-29H,2,9,11-12H2,1H3/t19-,20?,21?,22-,23?/m0/s1. The monoisotopic (exact) mass is 448 g/mol. The summed E-state index contributed by atoms with van der Waals surface area (Å²) in [6.07, 6.45) is -3.74. The number of aliphatic hydroxyl groups excluding tert-OH is 4. The van der Waals surface area contributed by atoms with Crippen LogP contribution in [0.2, 0.25) is 5.02 Å².